The average molecular weight is 229 g/mol. The number of nitrogens with zero attached hydrogens (tertiary/aromatic N) is 4. The van der Waals surface area contributed by atoms with Crippen LogP contribution in [-0.2, 0) is 0 Å². The smallest absolute Gasteiger partial charge is 0.155 e. The van der Waals surface area contributed by atoms with Gasteiger partial charge in [-0.15, -0.1) is 0 Å². The molecule has 3 heterocycles. The summed E-state index contributed by atoms with van der Waals surface area (Å²) in [5.41, 5.74) is 0. The van der Waals surface area contributed by atoms with Gasteiger partial charge in [-0.05, 0) is 18.2 Å². The number of pyridine rings is 1. The summed E-state index contributed by atoms with van der Waals surface area (Å²) in [5, 5.41) is 7.54. The van der Waals surface area contributed by atoms with Crippen molar-refractivity contribution < 1.29 is 0 Å². The molecule has 1 aliphatic rings. The van der Waals surface area contributed by atoms with Crippen LogP contribution in [0.3, 0.4) is 0 Å². The third-order valence-corrected chi connectivity index (χ3v) is 2.90. The summed E-state index contributed by atoms with van der Waals surface area (Å²) < 4.78 is 1.78. The normalized spacial score (nSPS) is 16.1. The molecule has 1 saturated heterocycles. The average Bonchev–Trinajstić information content (AvgIpc) is 2.94. The zero-order chi connectivity index (χ0) is 11.5. The zero-order valence-corrected chi connectivity index (χ0v) is 9.58. The maximum Gasteiger partial charge on any atom is 0.155 e. The Bertz CT molecular complexity index is 473. The van der Waals surface area contributed by atoms with Crippen molar-refractivity contribution in [3.8, 4) is 5.82 Å². The largest absolute Gasteiger partial charge is 0.354 e. The second kappa shape index (κ2) is 4.55. The lowest BCUT2D eigenvalue weighted by atomic mass is 10.3. The van der Waals surface area contributed by atoms with E-state index < -0.39 is 0 Å². The summed E-state index contributed by atoms with van der Waals surface area (Å²) in [6, 6.07) is 7.96. The second-order valence-electron chi connectivity index (χ2n) is 4.04. The van der Waals surface area contributed by atoms with Crippen LogP contribution in [0.4, 0.5) is 5.82 Å². The molecular formula is C12H15N5. The van der Waals surface area contributed by atoms with E-state index in [0.29, 0.717) is 0 Å². The Morgan fingerprint density at radius 2 is 1.88 bits per heavy atom. The number of nitrogens with one attached hydrogen (secondary N) is 1. The van der Waals surface area contributed by atoms with Gasteiger partial charge < -0.3 is 10.2 Å². The number of hydrogen-bond donors (Lipinski definition) is 1. The first-order chi connectivity index (χ1) is 8.43. The Balaban J connectivity index is 1.88. The predicted octanol–water partition coefficient (Wildman–Crippen LogP) is 0.677. The summed E-state index contributed by atoms with van der Waals surface area (Å²) in [6.45, 7) is 4.06. The van der Waals surface area contributed by atoms with Gasteiger partial charge in [0.05, 0.1) is 0 Å². The summed E-state index contributed by atoms with van der Waals surface area (Å²) >= 11 is 0. The fourth-order valence-corrected chi connectivity index (χ4v) is 2.01. The van der Waals surface area contributed by atoms with Crippen molar-refractivity contribution in [1.82, 2.24) is 20.1 Å². The third-order valence-electron chi connectivity index (χ3n) is 2.90. The van der Waals surface area contributed by atoms with Gasteiger partial charge in [0.1, 0.15) is 5.82 Å². The molecule has 2 aromatic heterocycles. The van der Waals surface area contributed by atoms with Crippen LogP contribution in [0.15, 0.2) is 36.7 Å². The van der Waals surface area contributed by atoms with Gasteiger partial charge >= 0.3 is 0 Å². The van der Waals surface area contributed by atoms with Crippen molar-refractivity contribution >= 4 is 5.82 Å². The van der Waals surface area contributed by atoms with Crippen molar-refractivity contribution in [1.29, 1.82) is 0 Å². The minimum Gasteiger partial charge on any atom is -0.354 e. The van der Waals surface area contributed by atoms with Crippen LogP contribution in [0.1, 0.15) is 0 Å². The van der Waals surface area contributed by atoms with Gasteiger partial charge in [-0.25, -0.2) is 9.67 Å². The zero-order valence-electron chi connectivity index (χ0n) is 9.58. The molecular weight excluding hydrogens is 214 g/mol. The fraction of sp³-hybridized carbons (Fsp3) is 0.333. The van der Waals surface area contributed by atoms with E-state index in [1.807, 2.05) is 24.4 Å². The molecule has 1 fully saturated rings. The number of piperazine rings is 1. The second-order valence-corrected chi connectivity index (χ2v) is 4.04. The van der Waals surface area contributed by atoms with Crippen molar-refractivity contribution in [2.45, 2.75) is 0 Å². The van der Waals surface area contributed by atoms with Gasteiger partial charge in [-0.2, -0.15) is 5.10 Å². The Labute approximate surface area is 100 Å². The lowest BCUT2D eigenvalue weighted by molar-refractivity contribution is 0.584. The standard InChI is InChI=1S/C12H15N5/c1-3-11(16-9-6-13-7-10-16)15-12(4-1)17-8-2-5-14-17/h1-5,8,13H,6-7,9-10H2. The molecule has 0 aromatic carbocycles. The molecule has 5 nitrogen and oxygen atoms in total. The minimum absolute atomic E-state index is 0.867. The quantitative estimate of drug-likeness (QED) is 0.822. The molecule has 5 heteroatoms. The van der Waals surface area contributed by atoms with Gasteiger partial charge in [0.2, 0.25) is 0 Å². The molecule has 1 N–H and O–H groups in total. The maximum atomic E-state index is 4.64. The fourth-order valence-electron chi connectivity index (χ4n) is 2.01. The first kappa shape index (κ1) is 10.3. The van der Waals surface area contributed by atoms with Crippen LogP contribution >= 0.6 is 0 Å². The Morgan fingerprint density at radius 1 is 1.06 bits per heavy atom. The van der Waals surface area contributed by atoms with Crippen molar-refractivity contribution in [3.63, 3.8) is 0 Å². The number of hydrogen-bond acceptors (Lipinski definition) is 4. The van der Waals surface area contributed by atoms with Gasteiger partial charge in [-0.1, -0.05) is 6.07 Å². The number of aromatic nitrogens is 3. The Morgan fingerprint density at radius 3 is 2.65 bits per heavy atom. The Hall–Kier alpha value is -1.88. The number of rotatable bonds is 2. The molecule has 3 rings (SSSR count). The van der Waals surface area contributed by atoms with Gasteiger partial charge in [0.15, 0.2) is 5.82 Å². The van der Waals surface area contributed by atoms with Gasteiger partial charge in [0, 0.05) is 38.6 Å². The molecule has 2 aromatic rings. The van der Waals surface area contributed by atoms with Gasteiger partial charge in [0.25, 0.3) is 0 Å². The lowest BCUT2D eigenvalue weighted by Gasteiger charge is -2.28. The molecule has 88 valence electrons. The molecule has 17 heavy (non-hydrogen) atoms. The highest BCUT2D eigenvalue weighted by molar-refractivity contribution is 5.42. The van der Waals surface area contributed by atoms with Crippen LogP contribution in [-0.4, -0.2) is 40.9 Å². The summed E-state index contributed by atoms with van der Waals surface area (Å²) in [5.74, 6) is 1.89. The van der Waals surface area contributed by atoms with E-state index >= 15 is 0 Å². The molecule has 0 bridgehead atoms. The summed E-state index contributed by atoms with van der Waals surface area (Å²) in [7, 11) is 0. The topological polar surface area (TPSA) is 46.0 Å². The highest BCUT2D eigenvalue weighted by Gasteiger charge is 2.11. The van der Waals surface area contributed by atoms with Crippen molar-refractivity contribution in [2.24, 2.45) is 0 Å². The molecule has 0 radical (unpaired) electrons. The summed E-state index contributed by atoms with van der Waals surface area (Å²) in [6.07, 6.45) is 3.67. The van der Waals surface area contributed by atoms with Crippen LogP contribution in [0, 0.1) is 0 Å². The number of anilines is 1. The molecule has 1 aliphatic heterocycles. The van der Waals surface area contributed by atoms with Crippen LogP contribution in [0.25, 0.3) is 5.82 Å². The lowest BCUT2D eigenvalue weighted by Crippen LogP contribution is -2.43. The molecule has 0 amide bonds. The molecule has 0 saturated carbocycles. The highest BCUT2D eigenvalue weighted by Crippen LogP contribution is 2.13. The highest BCUT2D eigenvalue weighted by atomic mass is 15.3. The van der Waals surface area contributed by atoms with Gasteiger partial charge in [-0.3, -0.25) is 0 Å². The van der Waals surface area contributed by atoms with Crippen molar-refractivity contribution in [2.75, 3.05) is 31.1 Å². The van der Waals surface area contributed by atoms with E-state index in [9.17, 15) is 0 Å². The van der Waals surface area contributed by atoms with Crippen LogP contribution in [0.2, 0.25) is 0 Å². The van der Waals surface area contributed by atoms with Crippen molar-refractivity contribution in [3.05, 3.63) is 36.7 Å². The van der Waals surface area contributed by atoms with E-state index in [1.165, 1.54) is 0 Å². The van der Waals surface area contributed by atoms with Crippen LogP contribution in [0.5, 0.6) is 0 Å². The van der Waals surface area contributed by atoms with E-state index in [2.05, 4.69) is 26.4 Å². The van der Waals surface area contributed by atoms with E-state index in [0.717, 1.165) is 37.8 Å². The maximum absolute atomic E-state index is 4.64. The molecule has 0 atom stereocenters. The third kappa shape index (κ3) is 2.14. The summed E-state index contributed by atoms with van der Waals surface area (Å²) in [4.78, 5) is 6.93. The van der Waals surface area contributed by atoms with Crippen LogP contribution < -0.4 is 10.2 Å². The molecule has 0 aliphatic carbocycles. The van der Waals surface area contributed by atoms with E-state index in [4.69, 9.17) is 0 Å². The van der Waals surface area contributed by atoms with E-state index in [1.54, 1.807) is 10.9 Å². The minimum atomic E-state index is 0.867. The monoisotopic (exact) mass is 229 g/mol. The molecule has 0 unspecified atom stereocenters. The Kier molecular flexibility index (Phi) is 2.75. The van der Waals surface area contributed by atoms with E-state index in [-0.39, 0.29) is 0 Å². The SMILES string of the molecule is c1cc(N2CCNCC2)nc(-n2cccn2)c1. The predicted molar refractivity (Wildman–Crippen MR) is 66.4 cm³/mol. The first-order valence-electron chi connectivity index (χ1n) is 5.86. The molecule has 0 spiro atoms. The first-order valence-corrected chi connectivity index (χ1v) is 5.86.